The van der Waals surface area contributed by atoms with Crippen LogP contribution in [0.4, 0.5) is 4.39 Å². The van der Waals surface area contributed by atoms with Crippen molar-refractivity contribution in [3.63, 3.8) is 0 Å². The first-order chi connectivity index (χ1) is 17.3. The molecule has 6 heteroatoms. The van der Waals surface area contributed by atoms with Gasteiger partial charge in [0.25, 0.3) is 0 Å². The molecule has 0 spiro atoms. The molecule has 0 aliphatic carbocycles. The third kappa shape index (κ3) is 7.86. The second-order valence-corrected chi connectivity index (χ2v) is 9.91. The van der Waals surface area contributed by atoms with Gasteiger partial charge < -0.3 is 14.6 Å². The lowest BCUT2D eigenvalue weighted by Crippen LogP contribution is -2.39. The minimum atomic E-state index is -0.609. The summed E-state index contributed by atoms with van der Waals surface area (Å²) in [6.07, 6.45) is 3.88. The van der Waals surface area contributed by atoms with E-state index in [-0.39, 0.29) is 24.5 Å². The average Bonchev–Trinajstić information content (AvgIpc) is 3.27. The molecule has 2 aromatic rings. The molecule has 1 fully saturated rings. The van der Waals surface area contributed by atoms with Crippen LogP contribution in [0.3, 0.4) is 0 Å². The van der Waals surface area contributed by atoms with Gasteiger partial charge in [0.15, 0.2) is 0 Å². The van der Waals surface area contributed by atoms with Crippen molar-refractivity contribution in [3.05, 3.63) is 70.0 Å². The Kier molecular flexibility index (Phi) is 10.9. The number of β-amino-alcohol motifs (C(OH)–C–C–N with tert-alkyl or cyclic N) is 1. The van der Waals surface area contributed by atoms with Crippen LogP contribution in [0.25, 0.3) is 0 Å². The number of carbonyl (C=O) groups is 1. The van der Waals surface area contributed by atoms with Gasteiger partial charge in [-0.3, -0.25) is 9.69 Å². The van der Waals surface area contributed by atoms with Crippen molar-refractivity contribution in [2.24, 2.45) is 0 Å². The molecule has 1 aliphatic heterocycles. The molecule has 0 radical (unpaired) electrons. The lowest BCUT2D eigenvalue weighted by atomic mass is 9.93. The summed E-state index contributed by atoms with van der Waals surface area (Å²) in [5.74, 6) is -0.349. The standard InChI is InChI=1S/C30H42FNO4/c1-5-29(27-11-7-9-21(3)26(27)14-15-30(34)35-6-2)36-20-25(33)19-32-16-8-10-24(32)17-23-13-12-22(4)28(31)18-23/h7,9,11-13,18,24-25,29,33H,5-6,8,10,14-17,19-20H2,1-4H3/t24-,25+,29+/m0/s1. The van der Waals surface area contributed by atoms with Crippen molar-refractivity contribution >= 4 is 5.97 Å². The number of ether oxygens (including phenoxy) is 2. The molecule has 3 atom stereocenters. The predicted octanol–water partition coefficient (Wildman–Crippen LogP) is 5.47. The molecule has 0 bridgehead atoms. The van der Waals surface area contributed by atoms with Gasteiger partial charge in [0.05, 0.1) is 25.4 Å². The fraction of sp³-hybridized carbons (Fsp3) is 0.567. The first kappa shape index (κ1) is 28.3. The summed E-state index contributed by atoms with van der Waals surface area (Å²) in [6.45, 7) is 9.83. The summed E-state index contributed by atoms with van der Waals surface area (Å²) in [4.78, 5) is 14.2. The number of hydrogen-bond acceptors (Lipinski definition) is 5. The van der Waals surface area contributed by atoms with Crippen LogP contribution < -0.4 is 0 Å². The van der Waals surface area contributed by atoms with Crippen molar-refractivity contribution in [3.8, 4) is 0 Å². The number of nitrogens with zero attached hydrogens (tertiary/aromatic N) is 1. The Hall–Kier alpha value is -2.28. The Labute approximate surface area is 215 Å². The van der Waals surface area contributed by atoms with E-state index in [4.69, 9.17) is 9.47 Å². The van der Waals surface area contributed by atoms with E-state index in [1.54, 1.807) is 13.0 Å². The number of aliphatic hydroxyl groups is 1. The number of benzene rings is 2. The zero-order valence-corrected chi connectivity index (χ0v) is 22.3. The number of aliphatic hydroxyl groups excluding tert-OH is 1. The fourth-order valence-corrected chi connectivity index (χ4v) is 5.21. The lowest BCUT2D eigenvalue weighted by Gasteiger charge is -2.28. The topological polar surface area (TPSA) is 59.0 Å². The quantitative estimate of drug-likeness (QED) is 0.370. The van der Waals surface area contributed by atoms with E-state index >= 15 is 0 Å². The zero-order chi connectivity index (χ0) is 26.1. The molecule has 1 saturated heterocycles. The summed E-state index contributed by atoms with van der Waals surface area (Å²) in [5.41, 5.74) is 5.00. The number of rotatable bonds is 13. The lowest BCUT2D eigenvalue weighted by molar-refractivity contribution is -0.143. The van der Waals surface area contributed by atoms with Crippen molar-refractivity contribution in [1.29, 1.82) is 0 Å². The monoisotopic (exact) mass is 499 g/mol. The van der Waals surface area contributed by atoms with Crippen molar-refractivity contribution in [1.82, 2.24) is 4.90 Å². The molecule has 0 amide bonds. The van der Waals surface area contributed by atoms with Gasteiger partial charge >= 0.3 is 5.97 Å². The van der Waals surface area contributed by atoms with Crippen molar-refractivity contribution in [2.45, 2.75) is 84.5 Å². The van der Waals surface area contributed by atoms with Crippen LogP contribution in [-0.4, -0.2) is 54.4 Å². The maximum absolute atomic E-state index is 14.0. The van der Waals surface area contributed by atoms with Gasteiger partial charge in [0.1, 0.15) is 5.82 Å². The highest BCUT2D eigenvalue weighted by atomic mass is 19.1. The van der Waals surface area contributed by atoms with Gasteiger partial charge in [-0.15, -0.1) is 0 Å². The molecule has 2 aromatic carbocycles. The van der Waals surface area contributed by atoms with E-state index < -0.39 is 6.10 Å². The van der Waals surface area contributed by atoms with Crippen LogP contribution in [0.5, 0.6) is 0 Å². The largest absolute Gasteiger partial charge is 0.466 e. The number of esters is 1. The van der Waals surface area contributed by atoms with Crippen LogP contribution in [-0.2, 0) is 27.1 Å². The van der Waals surface area contributed by atoms with Crippen LogP contribution in [0.1, 0.15) is 73.5 Å². The Morgan fingerprint density at radius 2 is 2.00 bits per heavy atom. The summed E-state index contributed by atoms with van der Waals surface area (Å²) < 4.78 is 25.3. The summed E-state index contributed by atoms with van der Waals surface area (Å²) in [7, 11) is 0. The Balaban J connectivity index is 1.57. The van der Waals surface area contributed by atoms with Crippen LogP contribution in [0.2, 0.25) is 0 Å². The number of hydrogen-bond donors (Lipinski definition) is 1. The highest BCUT2D eigenvalue weighted by molar-refractivity contribution is 5.69. The molecule has 0 aromatic heterocycles. The molecule has 36 heavy (non-hydrogen) atoms. The molecule has 5 nitrogen and oxygen atoms in total. The maximum Gasteiger partial charge on any atom is 0.306 e. The third-order valence-corrected chi connectivity index (χ3v) is 7.19. The zero-order valence-electron chi connectivity index (χ0n) is 22.3. The predicted molar refractivity (Wildman–Crippen MR) is 141 cm³/mol. The van der Waals surface area contributed by atoms with Gasteiger partial charge in [-0.25, -0.2) is 4.39 Å². The minimum Gasteiger partial charge on any atom is -0.466 e. The first-order valence-corrected chi connectivity index (χ1v) is 13.3. The first-order valence-electron chi connectivity index (χ1n) is 13.3. The molecule has 1 heterocycles. The van der Waals surface area contributed by atoms with Crippen molar-refractivity contribution in [2.75, 3.05) is 26.3 Å². The van der Waals surface area contributed by atoms with E-state index in [2.05, 4.69) is 30.9 Å². The normalized spacial score (nSPS) is 17.8. The molecular weight excluding hydrogens is 457 g/mol. The molecule has 3 rings (SSSR count). The Bertz CT molecular complexity index is 995. The minimum absolute atomic E-state index is 0.151. The average molecular weight is 500 g/mol. The molecule has 198 valence electrons. The van der Waals surface area contributed by atoms with E-state index in [0.29, 0.717) is 37.6 Å². The summed E-state index contributed by atoms with van der Waals surface area (Å²) >= 11 is 0. The third-order valence-electron chi connectivity index (χ3n) is 7.19. The van der Waals surface area contributed by atoms with E-state index in [9.17, 15) is 14.3 Å². The van der Waals surface area contributed by atoms with E-state index in [1.807, 2.05) is 25.1 Å². The van der Waals surface area contributed by atoms with E-state index in [1.165, 1.54) is 0 Å². The maximum atomic E-state index is 14.0. The van der Waals surface area contributed by atoms with Crippen molar-refractivity contribution < 1.29 is 23.8 Å². The van der Waals surface area contributed by atoms with Gasteiger partial charge in [0.2, 0.25) is 0 Å². The highest BCUT2D eigenvalue weighted by Crippen LogP contribution is 2.29. The second-order valence-electron chi connectivity index (χ2n) is 9.91. The molecule has 0 saturated carbocycles. The summed E-state index contributed by atoms with van der Waals surface area (Å²) in [5, 5.41) is 10.8. The van der Waals surface area contributed by atoms with Gasteiger partial charge in [0, 0.05) is 19.0 Å². The van der Waals surface area contributed by atoms with Crippen LogP contribution in [0.15, 0.2) is 36.4 Å². The van der Waals surface area contributed by atoms with Gasteiger partial charge in [-0.1, -0.05) is 37.3 Å². The SMILES string of the molecule is CCOC(=O)CCc1c(C)cccc1[C@@H](CC)OC[C@H](O)CN1CCC[C@H]1Cc1ccc(C)c(F)c1. The Morgan fingerprint density at radius 1 is 1.19 bits per heavy atom. The molecule has 0 unspecified atom stereocenters. The summed E-state index contributed by atoms with van der Waals surface area (Å²) in [6, 6.07) is 11.9. The number of carbonyl (C=O) groups excluding carboxylic acids is 1. The highest BCUT2D eigenvalue weighted by Gasteiger charge is 2.27. The smallest absolute Gasteiger partial charge is 0.306 e. The fourth-order valence-electron chi connectivity index (χ4n) is 5.21. The number of likely N-dealkylation sites (tertiary alicyclic amines) is 1. The number of aryl methyl sites for hydroxylation is 2. The molecular formula is C30H42FNO4. The van der Waals surface area contributed by atoms with Gasteiger partial charge in [-0.2, -0.15) is 0 Å². The Morgan fingerprint density at radius 3 is 2.72 bits per heavy atom. The number of halogens is 1. The van der Waals surface area contributed by atoms with Crippen LogP contribution >= 0.6 is 0 Å². The molecule has 1 N–H and O–H groups in total. The molecule has 1 aliphatic rings. The second kappa shape index (κ2) is 13.9. The van der Waals surface area contributed by atoms with Gasteiger partial charge in [-0.05, 0) is 93.3 Å². The van der Waals surface area contributed by atoms with E-state index in [0.717, 1.165) is 54.5 Å². The van der Waals surface area contributed by atoms with Crippen LogP contribution in [0, 0.1) is 19.7 Å².